The number of fused-ring (bicyclic) bond motifs is 1. The minimum Gasteiger partial charge on any atom is -0.497 e. The van der Waals surface area contributed by atoms with E-state index < -0.39 is 0 Å². The predicted octanol–water partition coefficient (Wildman–Crippen LogP) is 4.91. The summed E-state index contributed by atoms with van der Waals surface area (Å²) in [5, 5.41) is 3.74. The normalized spacial score (nSPS) is 13.5. The SMILES string of the molecule is COc1cccc(C=Nc2sc3c(c2C(=O)NCc2ccco2)CCCC3)c1. The van der Waals surface area contributed by atoms with Gasteiger partial charge in [0.2, 0.25) is 0 Å². The zero-order valence-corrected chi connectivity index (χ0v) is 16.6. The highest BCUT2D eigenvalue weighted by Gasteiger charge is 2.25. The van der Waals surface area contributed by atoms with Crippen molar-refractivity contribution in [2.24, 2.45) is 4.99 Å². The van der Waals surface area contributed by atoms with E-state index in [1.807, 2.05) is 36.4 Å². The molecule has 6 heteroatoms. The molecule has 0 atom stereocenters. The van der Waals surface area contributed by atoms with Gasteiger partial charge in [-0.15, -0.1) is 11.3 Å². The number of aryl methyl sites for hydroxylation is 1. The van der Waals surface area contributed by atoms with Gasteiger partial charge in [0.1, 0.15) is 16.5 Å². The van der Waals surface area contributed by atoms with Crippen LogP contribution in [0.15, 0.2) is 52.1 Å². The molecule has 1 aromatic carbocycles. The molecule has 0 saturated heterocycles. The van der Waals surface area contributed by atoms with Crippen molar-refractivity contribution in [1.29, 1.82) is 0 Å². The number of hydrogen-bond donors (Lipinski definition) is 1. The highest BCUT2D eigenvalue weighted by Crippen LogP contribution is 2.39. The van der Waals surface area contributed by atoms with Crippen LogP contribution in [0.4, 0.5) is 5.00 Å². The van der Waals surface area contributed by atoms with Gasteiger partial charge < -0.3 is 14.5 Å². The molecule has 2 aromatic heterocycles. The lowest BCUT2D eigenvalue weighted by molar-refractivity contribution is 0.0948. The lowest BCUT2D eigenvalue weighted by atomic mass is 9.95. The Bertz CT molecular complexity index is 989. The topological polar surface area (TPSA) is 63.8 Å². The zero-order valence-electron chi connectivity index (χ0n) is 15.7. The van der Waals surface area contributed by atoms with Gasteiger partial charge in [-0.25, -0.2) is 4.99 Å². The van der Waals surface area contributed by atoms with Gasteiger partial charge in [0.25, 0.3) is 5.91 Å². The molecule has 0 radical (unpaired) electrons. The minimum absolute atomic E-state index is 0.0893. The number of nitrogens with zero attached hydrogens (tertiary/aromatic N) is 1. The monoisotopic (exact) mass is 394 g/mol. The molecule has 28 heavy (non-hydrogen) atoms. The van der Waals surface area contributed by atoms with Crippen LogP contribution in [0.3, 0.4) is 0 Å². The number of benzene rings is 1. The van der Waals surface area contributed by atoms with Crippen LogP contribution in [0.1, 0.15) is 45.0 Å². The molecule has 0 fully saturated rings. The number of carbonyl (C=O) groups excluding carboxylic acids is 1. The molecular formula is C22H22N2O3S. The van der Waals surface area contributed by atoms with Crippen LogP contribution >= 0.6 is 11.3 Å². The lowest BCUT2D eigenvalue weighted by Gasteiger charge is -2.12. The van der Waals surface area contributed by atoms with E-state index in [1.165, 1.54) is 11.3 Å². The van der Waals surface area contributed by atoms with Crippen molar-refractivity contribution in [3.63, 3.8) is 0 Å². The maximum absolute atomic E-state index is 13.0. The largest absolute Gasteiger partial charge is 0.497 e. The number of thiophene rings is 1. The molecule has 0 saturated carbocycles. The summed E-state index contributed by atoms with van der Waals surface area (Å²) in [6, 6.07) is 11.4. The first-order chi connectivity index (χ1) is 13.7. The second-order valence-electron chi connectivity index (χ2n) is 6.69. The van der Waals surface area contributed by atoms with Gasteiger partial charge in [-0.2, -0.15) is 0 Å². The van der Waals surface area contributed by atoms with Crippen molar-refractivity contribution in [2.45, 2.75) is 32.2 Å². The Morgan fingerprint density at radius 2 is 2.18 bits per heavy atom. The second kappa shape index (κ2) is 8.44. The maximum atomic E-state index is 13.0. The number of furan rings is 1. The Hall–Kier alpha value is -2.86. The Kier molecular flexibility index (Phi) is 5.58. The summed E-state index contributed by atoms with van der Waals surface area (Å²) in [6.45, 7) is 0.371. The van der Waals surface area contributed by atoms with E-state index in [0.717, 1.165) is 46.9 Å². The van der Waals surface area contributed by atoms with E-state index >= 15 is 0 Å². The van der Waals surface area contributed by atoms with Gasteiger partial charge in [-0.1, -0.05) is 12.1 Å². The van der Waals surface area contributed by atoms with Crippen LogP contribution < -0.4 is 10.1 Å². The molecule has 3 aromatic rings. The molecule has 1 aliphatic rings. The smallest absolute Gasteiger partial charge is 0.255 e. The van der Waals surface area contributed by atoms with Gasteiger partial charge >= 0.3 is 0 Å². The van der Waals surface area contributed by atoms with E-state index in [-0.39, 0.29) is 5.91 Å². The number of ether oxygens (including phenoxy) is 1. The van der Waals surface area contributed by atoms with Crippen molar-refractivity contribution in [1.82, 2.24) is 5.32 Å². The fourth-order valence-electron chi connectivity index (χ4n) is 3.40. The summed E-state index contributed by atoms with van der Waals surface area (Å²) in [7, 11) is 1.64. The highest BCUT2D eigenvalue weighted by atomic mass is 32.1. The Balaban J connectivity index is 1.61. The number of aliphatic imine (C=N–C) groups is 1. The fourth-order valence-corrected chi connectivity index (χ4v) is 4.63. The fraction of sp³-hybridized carbons (Fsp3) is 0.273. The van der Waals surface area contributed by atoms with Crippen LogP contribution in [-0.4, -0.2) is 19.2 Å². The molecular weight excluding hydrogens is 372 g/mol. The molecule has 0 aliphatic heterocycles. The molecule has 1 N–H and O–H groups in total. The predicted molar refractivity (Wildman–Crippen MR) is 111 cm³/mol. The average molecular weight is 394 g/mol. The highest BCUT2D eigenvalue weighted by molar-refractivity contribution is 7.16. The third kappa shape index (κ3) is 4.02. The first-order valence-corrected chi connectivity index (χ1v) is 10.2. The van der Waals surface area contributed by atoms with Crippen molar-refractivity contribution >= 4 is 28.5 Å². The van der Waals surface area contributed by atoms with Gasteiger partial charge in [0.05, 0.1) is 25.5 Å². The van der Waals surface area contributed by atoms with Crippen LogP contribution in [0.2, 0.25) is 0 Å². The third-order valence-corrected chi connectivity index (χ3v) is 6.01. The van der Waals surface area contributed by atoms with E-state index in [0.29, 0.717) is 12.1 Å². The number of methoxy groups -OCH3 is 1. The average Bonchev–Trinajstić information content (AvgIpc) is 3.38. The lowest BCUT2D eigenvalue weighted by Crippen LogP contribution is -2.23. The summed E-state index contributed by atoms with van der Waals surface area (Å²) < 4.78 is 10.6. The Morgan fingerprint density at radius 1 is 1.29 bits per heavy atom. The van der Waals surface area contributed by atoms with Crippen molar-refractivity contribution < 1.29 is 13.9 Å². The number of amides is 1. The molecule has 1 amide bonds. The standard InChI is InChI=1S/C22H22N2O3S/c1-26-16-7-4-6-15(12-16)13-24-22-20(18-9-2-3-10-19(18)28-22)21(25)23-14-17-8-5-11-27-17/h4-8,11-13H,2-3,9-10,14H2,1H3,(H,23,25). The van der Waals surface area contributed by atoms with Gasteiger partial charge in [0, 0.05) is 11.1 Å². The van der Waals surface area contributed by atoms with E-state index in [2.05, 4.69) is 10.3 Å². The molecule has 0 spiro atoms. The number of rotatable bonds is 6. The van der Waals surface area contributed by atoms with Crippen molar-refractivity contribution in [3.05, 3.63) is 70.0 Å². The first kappa shape index (κ1) is 18.5. The quantitative estimate of drug-likeness (QED) is 0.604. The van der Waals surface area contributed by atoms with Crippen molar-refractivity contribution in [3.8, 4) is 5.75 Å². The van der Waals surface area contributed by atoms with Gasteiger partial charge in [-0.05, 0) is 61.1 Å². The molecule has 4 rings (SSSR count). The molecule has 144 valence electrons. The number of hydrogen-bond acceptors (Lipinski definition) is 5. The minimum atomic E-state index is -0.0893. The van der Waals surface area contributed by atoms with Crippen LogP contribution in [-0.2, 0) is 19.4 Å². The summed E-state index contributed by atoms with van der Waals surface area (Å²) >= 11 is 1.63. The van der Waals surface area contributed by atoms with E-state index in [9.17, 15) is 4.79 Å². The molecule has 2 heterocycles. The van der Waals surface area contributed by atoms with E-state index in [1.54, 1.807) is 30.9 Å². The summed E-state index contributed by atoms with van der Waals surface area (Å²) in [5.41, 5.74) is 2.81. The van der Waals surface area contributed by atoms with Crippen LogP contribution in [0, 0.1) is 0 Å². The summed E-state index contributed by atoms with van der Waals surface area (Å²) in [4.78, 5) is 18.9. The number of nitrogens with one attached hydrogen (secondary N) is 1. The Morgan fingerprint density at radius 3 is 3.00 bits per heavy atom. The third-order valence-electron chi connectivity index (χ3n) is 4.81. The molecule has 1 aliphatic carbocycles. The second-order valence-corrected chi connectivity index (χ2v) is 7.77. The van der Waals surface area contributed by atoms with Crippen LogP contribution in [0.5, 0.6) is 5.75 Å². The summed E-state index contributed by atoms with van der Waals surface area (Å²) in [5.74, 6) is 1.43. The van der Waals surface area contributed by atoms with E-state index in [4.69, 9.17) is 9.15 Å². The summed E-state index contributed by atoms with van der Waals surface area (Å²) in [6.07, 6.45) is 7.64. The first-order valence-electron chi connectivity index (χ1n) is 9.38. The van der Waals surface area contributed by atoms with Crippen LogP contribution in [0.25, 0.3) is 0 Å². The molecule has 0 bridgehead atoms. The molecule has 0 unspecified atom stereocenters. The zero-order chi connectivity index (χ0) is 19.3. The molecule has 5 nitrogen and oxygen atoms in total. The van der Waals surface area contributed by atoms with Crippen molar-refractivity contribution in [2.75, 3.05) is 7.11 Å². The van der Waals surface area contributed by atoms with Gasteiger partial charge in [0.15, 0.2) is 0 Å². The number of carbonyl (C=O) groups is 1. The Labute approximate surface area is 168 Å². The maximum Gasteiger partial charge on any atom is 0.255 e. The van der Waals surface area contributed by atoms with Gasteiger partial charge in [-0.3, -0.25) is 4.79 Å².